The molecule has 1 aromatic rings. The van der Waals surface area contributed by atoms with Crippen molar-refractivity contribution in [2.24, 2.45) is 5.11 Å². The lowest BCUT2D eigenvalue weighted by Crippen LogP contribution is -1.83. The van der Waals surface area contributed by atoms with Crippen molar-refractivity contribution in [3.63, 3.8) is 0 Å². The second-order valence-electron chi connectivity index (χ2n) is 2.25. The molecule has 0 aromatic carbocycles. The molecule has 4 heteroatoms. The third-order valence-electron chi connectivity index (χ3n) is 1.35. The van der Waals surface area contributed by atoms with Gasteiger partial charge >= 0.3 is 0 Å². The molecule has 0 bridgehead atoms. The fourth-order valence-electron chi connectivity index (χ4n) is 0.833. The van der Waals surface area contributed by atoms with Crippen LogP contribution in [0.25, 0.3) is 10.4 Å². The number of aromatic nitrogens is 1. The first-order valence-electron chi connectivity index (χ1n) is 3.23. The Morgan fingerprint density at radius 1 is 1.45 bits per heavy atom. The topological polar surface area (TPSA) is 61.7 Å². The first-order valence-corrected chi connectivity index (χ1v) is 3.23. The van der Waals surface area contributed by atoms with Gasteiger partial charge in [-0.25, -0.2) is 0 Å². The van der Waals surface area contributed by atoms with Crippen LogP contribution in [0.3, 0.4) is 0 Å². The maximum absolute atomic E-state index is 8.14. The van der Waals surface area contributed by atoms with E-state index in [2.05, 4.69) is 15.0 Å². The minimum absolute atomic E-state index is 0.595. The number of pyridine rings is 1. The Labute approximate surface area is 64.5 Å². The van der Waals surface area contributed by atoms with Gasteiger partial charge in [-0.05, 0) is 31.5 Å². The molecule has 1 aromatic heterocycles. The summed E-state index contributed by atoms with van der Waals surface area (Å²) in [5, 5.41) is 3.47. The molecule has 4 nitrogen and oxygen atoms in total. The molecule has 0 aliphatic heterocycles. The molecule has 0 amide bonds. The van der Waals surface area contributed by atoms with Gasteiger partial charge in [-0.3, -0.25) is 4.98 Å². The monoisotopic (exact) mass is 148 g/mol. The number of nitrogens with zero attached hydrogens (tertiary/aromatic N) is 4. The van der Waals surface area contributed by atoms with Crippen molar-refractivity contribution in [2.75, 3.05) is 0 Å². The molecule has 0 spiro atoms. The van der Waals surface area contributed by atoms with Crippen LogP contribution in [0.15, 0.2) is 17.2 Å². The molecule has 11 heavy (non-hydrogen) atoms. The van der Waals surface area contributed by atoms with Crippen molar-refractivity contribution in [2.45, 2.75) is 13.8 Å². The number of hydrogen-bond donors (Lipinski definition) is 0. The minimum Gasteiger partial charge on any atom is -0.258 e. The average molecular weight is 148 g/mol. The molecule has 0 saturated heterocycles. The predicted octanol–water partition coefficient (Wildman–Crippen LogP) is 2.64. The van der Waals surface area contributed by atoms with Gasteiger partial charge in [0.05, 0.1) is 5.69 Å². The Morgan fingerprint density at radius 2 is 2.18 bits per heavy atom. The van der Waals surface area contributed by atoms with E-state index in [1.165, 1.54) is 0 Å². The third kappa shape index (κ3) is 1.69. The van der Waals surface area contributed by atoms with Gasteiger partial charge in [-0.2, -0.15) is 0 Å². The molecule has 0 aliphatic carbocycles. The van der Waals surface area contributed by atoms with Crippen molar-refractivity contribution in [3.8, 4) is 0 Å². The first kappa shape index (κ1) is 7.57. The number of hydrogen-bond acceptors (Lipinski definition) is 2. The first-order chi connectivity index (χ1) is 5.24. The second-order valence-corrected chi connectivity index (χ2v) is 2.25. The van der Waals surface area contributed by atoms with E-state index < -0.39 is 0 Å². The van der Waals surface area contributed by atoms with Gasteiger partial charge in [0.15, 0.2) is 0 Å². The molecule has 0 unspecified atom stereocenters. The standard InChI is InChI=1S/C7H8N4/c1-5-3-4-7(10-11-8)6(2)9-5/h3-4H,1-2H3. The largest absolute Gasteiger partial charge is 0.258 e. The third-order valence-corrected chi connectivity index (χ3v) is 1.35. The second kappa shape index (κ2) is 3.03. The summed E-state index contributed by atoms with van der Waals surface area (Å²) in [7, 11) is 0. The summed E-state index contributed by atoms with van der Waals surface area (Å²) in [5.41, 5.74) is 10.4. The summed E-state index contributed by atoms with van der Waals surface area (Å²) in [6.07, 6.45) is 0. The zero-order valence-corrected chi connectivity index (χ0v) is 6.44. The van der Waals surface area contributed by atoms with Crippen molar-refractivity contribution in [1.82, 2.24) is 4.98 Å². The van der Waals surface area contributed by atoms with Crippen LogP contribution in [0.5, 0.6) is 0 Å². The average Bonchev–Trinajstić information content (AvgIpc) is 1.95. The van der Waals surface area contributed by atoms with Crippen molar-refractivity contribution in [3.05, 3.63) is 34.0 Å². The quantitative estimate of drug-likeness (QED) is 0.343. The van der Waals surface area contributed by atoms with Crippen LogP contribution in [-0.2, 0) is 0 Å². The van der Waals surface area contributed by atoms with E-state index in [0.717, 1.165) is 11.4 Å². The van der Waals surface area contributed by atoms with E-state index >= 15 is 0 Å². The lowest BCUT2D eigenvalue weighted by atomic mass is 10.3. The minimum atomic E-state index is 0.595. The molecule has 56 valence electrons. The highest BCUT2D eigenvalue weighted by atomic mass is 15.1. The van der Waals surface area contributed by atoms with Gasteiger partial charge in [-0.15, -0.1) is 0 Å². The molecule has 1 heterocycles. The lowest BCUT2D eigenvalue weighted by Gasteiger charge is -1.97. The van der Waals surface area contributed by atoms with Gasteiger partial charge in [0.25, 0.3) is 0 Å². The summed E-state index contributed by atoms with van der Waals surface area (Å²) in [6.45, 7) is 3.71. The van der Waals surface area contributed by atoms with Crippen LogP contribution in [0.4, 0.5) is 5.69 Å². The summed E-state index contributed by atoms with van der Waals surface area (Å²) in [5.74, 6) is 0. The van der Waals surface area contributed by atoms with Gasteiger partial charge in [0, 0.05) is 16.3 Å². The number of azide groups is 1. The van der Waals surface area contributed by atoms with E-state index in [0.29, 0.717) is 5.69 Å². The summed E-state index contributed by atoms with van der Waals surface area (Å²) in [4.78, 5) is 6.81. The lowest BCUT2D eigenvalue weighted by molar-refractivity contribution is 1.11. The zero-order chi connectivity index (χ0) is 8.27. The Balaban J connectivity index is 3.19. The zero-order valence-electron chi connectivity index (χ0n) is 6.44. The van der Waals surface area contributed by atoms with Crippen LogP contribution >= 0.6 is 0 Å². The summed E-state index contributed by atoms with van der Waals surface area (Å²) < 4.78 is 0. The molecule has 0 atom stereocenters. The van der Waals surface area contributed by atoms with Gasteiger partial charge in [0.2, 0.25) is 0 Å². The van der Waals surface area contributed by atoms with E-state index in [-0.39, 0.29) is 0 Å². The normalized spacial score (nSPS) is 8.91. The number of aryl methyl sites for hydroxylation is 2. The molecular formula is C7H8N4. The van der Waals surface area contributed by atoms with Crippen LogP contribution in [0.1, 0.15) is 11.4 Å². The fraction of sp³-hybridized carbons (Fsp3) is 0.286. The van der Waals surface area contributed by atoms with Gasteiger partial charge < -0.3 is 0 Å². The van der Waals surface area contributed by atoms with Gasteiger partial charge in [-0.1, -0.05) is 5.11 Å². The maximum Gasteiger partial charge on any atom is 0.0588 e. The Morgan fingerprint density at radius 3 is 2.73 bits per heavy atom. The van der Waals surface area contributed by atoms with Crippen LogP contribution in [-0.4, -0.2) is 4.98 Å². The van der Waals surface area contributed by atoms with Crippen LogP contribution in [0, 0.1) is 13.8 Å². The van der Waals surface area contributed by atoms with E-state index in [9.17, 15) is 0 Å². The fourth-order valence-corrected chi connectivity index (χ4v) is 0.833. The maximum atomic E-state index is 8.14. The Kier molecular flexibility index (Phi) is 2.09. The summed E-state index contributed by atoms with van der Waals surface area (Å²) in [6, 6.07) is 3.58. The smallest absolute Gasteiger partial charge is 0.0588 e. The highest BCUT2D eigenvalue weighted by Crippen LogP contribution is 2.15. The van der Waals surface area contributed by atoms with Gasteiger partial charge in [0.1, 0.15) is 0 Å². The Bertz CT molecular complexity index is 312. The highest BCUT2D eigenvalue weighted by Gasteiger charge is 1.94. The van der Waals surface area contributed by atoms with Crippen molar-refractivity contribution < 1.29 is 0 Å². The molecule has 0 saturated carbocycles. The van der Waals surface area contributed by atoms with E-state index in [1.807, 2.05) is 19.9 Å². The molecule has 0 fully saturated rings. The highest BCUT2D eigenvalue weighted by molar-refractivity contribution is 5.41. The van der Waals surface area contributed by atoms with Crippen LogP contribution in [0.2, 0.25) is 0 Å². The Hall–Kier alpha value is -1.54. The van der Waals surface area contributed by atoms with Crippen molar-refractivity contribution in [1.29, 1.82) is 0 Å². The summed E-state index contributed by atoms with van der Waals surface area (Å²) >= 11 is 0. The van der Waals surface area contributed by atoms with Crippen LogP contribution < -0.4 is 0 Å². The molecular weight excluding hydrogens is 140 g/mol. The molecule has 0 aliphatic rings. The molecule has 0 radical (unpaired) electrons. The van der Waals surface area contributed by atoms with E-state index in [1.54, 1.807) is 6.07 Å². The SMILES string of the molecule is Cc1ccc(N=[N+]=[N-])c(C)n1. The molecule has 1 rings (SSSR count). The number of rotatable bonds is 1. The van der Waals surface area contributed by atoms with E-state index in [4.69, 9.17) is 5.53 Å². The molecule has 0 N–H and O–H groups in total. The predicted molar refractivity (Wildman–Crippen MR) is 42.5 cm³/mol. The van der Waals surface area contributed by atoms with Crippen molar-refractivity contribution >= 4 is 5.69 Å².